The summed E-state index contributed by atoms with van der Waals surface area (Å²) in [5.74, 6) is 0.170. The molecular formula is C25H28FN7O3. The van der Waals surface area contributed by atoms with E-state index in [1.807, 2.05) is 24.3 Å². The second-order valence-electron chi connectivity index (χ2n) is 9.46. The van der Waals surface area contributed by atoms with Crippen LogP contribution in [0.1, 0.15) is 27.7 Å². The maximum Gasteiger partial charge on any atom is 0.269 e. The van der Waals surface area contributed by atoms with Gasteiger partial charge >= 0.3 is 0 Å². The lowest BCUT2D eigenvalue weighted by atomic mass is 10.1. The Bertz CT molecular complexity index is 1280. The quantitative estimate of drug-likeness (QED) is 0.481. The number of carbonyl (C=O) groups is 1. The molecule has 0 radical (unpaired) electrons. The van der Waals surface area contributed by atoms with Gasteiger partial charge in [-0.15, -0.1) is 0 Å². The molecule has 3 aromatic rings. The third kappa shape index (κ3) is 5.01. The number of morpholine rings is 1. The van der Waals surface area contributed by atoms with E-state index >= 15 is 0 Å². The van der Waals surface area contributed by atoms with Crippen molar-refractivity contribution < 1.29 is 18.7 Å². The largest absolute Gasteiger partial charge is 0.474 e. The first-order valence-electron chi connectivity index (χ1n) is 11.7. The van der Waals surface area contributed by atoms with E-state index in [1.54, 1.807) is 26.0 Å². The van der Waals surface area contributed by atoms with E-state index < -0.39 is 11.4 Å². The Morgan fingerprint density at radius 2 is 1.78 bits per heavy atom. The fraction of sp³-hybridized carbons (Fsp3) is 0.360. The van der Waals surface area contributed by atoms with Gasteiger partial charge in [0, 0.05) is 24.5 Å². The summed E-state index contributed by atoms with van der Waals surface area (Å²) in [7, 11) is 0. The maximum atomic E-state index is 14.5. The van der Waals surface area contributed by atoms with E-state index in [0.29, 0.717) is 11.6 Å². The molecule has 2 aliphatic rings. The smallest absolute Gasteiger partial charge is 0.269 e. The Morgan fingerprint density at radius 1 is 1.06 bits per heavy atom. The van der Waals surface area contributed by atoms with Crippen molar-refractivity contribution in [3.05, 3.63) is 48.4 Å². The second-order valence-corrected chi connectivity index (χ2v) is 9.46. The summed E-state index contributed by atoms with van der Waals surface area (Å²) < 4.78 is 26.0. The van der Waals surface area contributed by atoms with Crippen molar-refractivity contribution in [1.29, 1.82) is 0 Å². The van der Waals surface area contributed by atoms with E-state index in [0.717, 1.165) is 30.7 Å². The number of benzene rings is 1. The van der Waals surface area contributed by atoms with Crippen molar-refractivity contribution in [2.24, 2.45) is 0 Å². The van der Waals surface area contributed by atoms with Crippen molar-refractivity contribution in [1.82, 2.24) is 15.0 Å². The Labute approximate surface area is 208 Å². The third-order valence-electron chi connectivity index (χ3n) is 5.90. The first-order valence-corrected chi connectivity index (χ1v) is 11.7. The van der Waals surface area contributed by atoms with Crippen LogP contribution < -0.4 is 25.6 Å². The number of ether oxygens (including phenoxy) is 2. The van der Waals surface area contributed by atoms with Gasteiger partial charge in [0.1, 0.15) is 5.82 Å². The third-order valence-corrected chi connectivity index (χ3v) is 5.90. The lowest BCUT2D eigenvalue weighted by molar-refractivity contribution is -0.129. The molecule has 2 aliphatic heterocycles. The van der Waals surface area contributed by atoms with Crippen LogP contribution in [0, 0.1) is 5.82 Å². The Morgan fingerprint density at radius 3 is 2.50 bits per heavy atom. The van der Waals surface area contributed by atoms with Gasteiger partial charge in [-0.1, -0.05) is 0 Å². The number of fused-ring (bicyclic) bond motifs is 1. The molecule has 11 heteroatoms. The zero-order valence-corrected chi connectivity index (χ0v) is 20.5. The number of nitrogens with one attached hydrogen (secondary N) is 3. The molecule has 0 spiro atoms. The number of carbonyl (C=O) groups excluding carboxylic acids is 1. The Balaban J connectivity index is 1.29. The summed E-state index contributed by atoms with van der Waals surface area (Å²) in [6.07, 6.45) is 1.42. The van der Waals surface area contributed by atoms with Gasteiger partial charge in [-0.05, 0) is 64.1 Å². The highest BCUT2D eigenvalue weighted by Gasteiger charge is 2.36. The highest BCUT2D eigenvalue weighted by atomic mass is 19.1. The van der Waals surface area contributed by atoms with Crippen LogP contribution >= 0.6 is 0 Å². The molecular weight excluding hydrogens is 465 g/mol. The molecule has 10 nitrogen and oxygen atoms in total. The Kier molecular flexibility index (Phi) is 6.09. The molecule has 1 saturated heterocycles. The van der Waals surface area contributed by atoms with Crippen LogP contribution in [-0.4, -0.2) is 51.8 Å². The highest BCUT2D eigenvalue weighted by molar-refractivity contribution is 5.99. The van der Waals surface area contributed by atoms with Crippen LogP contribution in [0.25, 0.3) is 0 Å². The standard InChI is InChI=1S/C25H28FN7O3/c1-14-12-33(13-15(2)35-14)17-7-5-16(6-8-17)28-24-27-11-18(26)21(32-24)29-20-10-9-19-22(30-20)31-23(34)25(3,4)36-19/h5-11,14-15H,12-13H2,1-4H3,(H3,27,28,29,30,31,32,34)/t14-,15+. The average Bonchev–Trinajstić information content (AvgIpc) is 2.82. The number of rotatable bonds is 5. The molecule has 1 amide bonds. The zero-order chi connectivity index (χ0) is 25.4. The molecule has 2 aromatic heterocycles. The minimum Gasteiger partial charge on any atom is -0.474 e. The minimum atomic E-state index is -1.000. The van der Waals surface area contributed by atoms with Crippen LogP contribution in [0.3, 0.4) is 0 Å². The molecule has 188 valence electrons. The monoisotopic (exact) mass is 493 g/mol. The summed E-state index contributed by atoms with van der Waals surface area (Å²) in [6.45, 7) is 9.13. The van der Waals surface area contributed by atoms with Gasteiger partial charge < -0.3 is 30.3 Å². The number of nitrogens with zero attached hydrogens (tertiary/aromatic N) is 4. The van der Waals surface area contributed by atoms with E-state index in [2.05, 4.69) is 49.6 Å². The summed E-state index contributed by atoms with van der Waals surface area (Å²) in [5.41, 5.74) is 0.864. The molecule has 0 unspecified atom stereocenters. The van der Waals surface area contributed by atoms with Crippen molar-refractivity contribution in [3.63, 3.8) is 0 Å². The molecule has 5 rings (SSSR count). The van der Waals surface area contributed by atoms with Crippen molar-refractivity contribution >= 4 is 40.7 Å². The summed E-state index contributed by atoms with van der Waals surface area (Å²) in [4.78, 5) is 27.1. The molecule has 4 heterocycles. The molecule has 0 aliphatic carbocycles. The SMILES string of the molecule is C[C@@H]1CN(c2ccc(Nc3ncc(F)c(Nc4ccc5c(n4)NC(=O)C(C)(C)O5)n3)cc2)C[C@H](C)O1. The molecule has 2 atom stereocenters. The van der Waals surface area contributed by atoms with E-state index in [-0.39, 0.29) is 35.7 Å². The molecule has 1 fully saturated rings. The average molecular weight is 494 g/mol. The van der Waals surface area contributed by atoms with Gasteiger partial charge in [-0.3, -0.25) is 4.79 Å². The number of hydrogen-bond acceptors (Lipinski definition) is 9. The van der Waals surface area contributed by atoms with E-state index in [4.69, 9.17) is 9.47 Å². The van der Waals surface area contributed by atoms with Gasteiger partial charge in [-0.25, -0.2) is 14.4 Å². The molecule has 0 saturated carbocycles. The molecule has 36 heavy (non-hydrogen) atoms. The van der Waals surface area contributed by atoms with E-state index in [9.17, 15) is 9.18 Å². The fourth-order valence-electron chi connectivity index (χ4n) is 4.18. The lowest BCUT2D eigenvalue weighted by Gasteiger charge is -2.36. The van der Waals surface area contributed by atoms with Gasteiger partial charge in [0.25, 0.3) is 5.91 Å². The predicted octanol–water partition coefficient (Wildman–Crippen LogP) is 4.22. The number of amides is 1. The summed E-state index contributed by atoms with van der Waals surface area (Å²) >= 11 is 0. The number of halogens is 1. The fourth-order valence-corrected chi connectivity index (χ4v) is 4.18. The zero-order valence-electron chi connectivity index (χ0n) is 20.5. The number of pyridine rings is 1. The van der Waals surface area contributed by atoms with Crippen LogP contribution in [-0.2, 0) is 9.53 Å². The number of anilines is 6. The first-order chi connectivity index (χ1) is 17.2. The van der Waals surface area contributed by atoms with Gasteiger partial charge in [-0.2, -0.15) is 4.98 Å². The molecule has 1 aromatic carbocycles. The van der Waals surface area contributed by atoms with Gasteiger partial charge in [0.15, 0.2) is 28.8 Å². The normalized spacial score (nSPS) is 20.7. The maximum absolute atomic E-state index is 14.5. The second kappa shape index (κ2) is 9.23. The van der Waals surface area contributed by atoms with Crippen molar-refractivity contribution in [3.8, 4) is 5.75 Å². The van der Waals surface area contributed by atoms with Crippen LogP contribution in [0.4, 0.5) is 39.2 Å². The topological polar surface area (TPSA) is 114 Å². The Hall–Kier alpha value is -3.99. The lowest BCUT2D eigenvalue weighted by Crippen LogP contribution is -2.46. The van der Waals surface area contributed by atoms with Gasteiger partial charge in [0.05, 0.1) is 18.4 Å². The van der Waals surface area contributed by atoms with Crippen LogP contribution in [0.2, 0.25) is 0 Å². The van der Waals surface area contributed by atoms with Crippen molar-refractivity contribution in [2.75, 3.05) is 33.9 Å². The summed E-state index contributed by atoms with van der Waals surface area (Å²) in [5, 5.41) is 8.65. The highest BCUT2D eigenvalue weighted by Crippen LogP contribution is 2.33. The number of aromatic nitrogens is 3. The van der Waals surface area contributed by atoms with Crippen molar-refractivity contribution in [2.45, 2.75) is 45.5 Å². The number of hydrogen-bond donors (Lipinski definition) is 3. The summed E-state index contributed by atoms with van der Waals surface area (Å²) in [6, 6.07) is 11.2. The van der Waals surface area contributed by atoms with Gasteiger partial charge in [0.2, 0.25) is 5.95 Å². The first kappa shape index (κ1) is 23.7. The molecule has 0 bridgehead atoms. The van der Waals surface area contributed by atoms with Crippen LogP contribution in [0.5, 0.6) is 5.75 Å². The minimum absolute atomic E-state index is 0.0590. The van der Waals surface area contributed by atoms with E-state index in [1.165, 1.54) is 0 Å². The predicted molar refractivity (Wildman–Crippen MR) is 135 cm³/mol. The molecule has 3 N–H and O–H groups in total. The van der Waals surface area contributed by atoms with Crippen LogP contribution in [0.15, 0.2) is 42.6 Å².